The van der Waals surface area contributed by atoms with Gasteiger partial charge in [-0.15, -0.1) is 24.0 Å². The van der Waals surface area contributed by atoms with E-state index in [9.17, 15) is 0 Å². The Kier molecular flexibility index (Phi) is 8.85. The lowest BCUT2D eigenvalue weighted by Crippen LogP contribution is -2.42. The molecule has 0 radical (unpaired) electrons. The molecule has 1 aliphatic carbocycles. The van der Waals surface area contributed by atoms with Crippen LogP contribution in [0.3, 0.4) is 0 Å². The van der Waals surface area contributed by atoms with Crippen LogP contribution in [0.5, 0.6) is 11.5 Å². The van der Waals surface area contributed by atoms with Crippen molar-refractivity contribution in [3.63, 3.8) is 0 Å². The van der Waals surface area contributed by atoms with Crippen molar-refractivity contribution in [1.82, 2.24) is 10.6 Å². The maximum absolute atomic E-state index is 5.91. The van der Waals surface area contributed by atoms with Crippen LogP contribution < -0.4 is 20.1 Å². The average Bonchev–Trinajstić information content (AvgIpc) is 3.23. The van der Waals surface area contributed by atoms with E-state index in [1.54, 1.807) is 0 Å². The van der Waals surface area contributed by atoms with Crippen LogP contribution in [0.1, 0.15) is 44.2 Å². The topological polar surface area (TPSA) is 54.9 Å². The second-order valence-electron chi connectivity index (χ2n) is 7.07. The maximum Gasteiger partial charge on any atom is 0.191 e. The van der Waals surface area contributed by atoms with Crippen molar-refractivity contribution in [1.29, 1.82) is 0 Å². The maximum atomic E-state index is 5.91. The third kappa shape index (κ3) is 5.82. The van der Waals surface area contributed by atoms with Gasteiger partial charge < -0.3 is 20.1 Å². The third-order valence-corrected chi connectivity index (χ3v) is 6.20. The fourth-order valence-electron chi connectivity index (χ4n) is 3.76. The van der Waals surface area contributed by atoms with Gasteiger partial charge in [0, 0.05) is 42.4 Å². The molecule has 1 saturated carbocycles. The van der Waals surface area contributed by atoms with E-state index in [4.69, 9.17) is 9.47 Å². The largest absolute Gasteiger partial charge is 0.494 e. The standard InChI is InChI=1S/C20H31N3O2S.HI/c1-5-24-18-9-14-8-13(2)25-19(14)10-15(18)12-22-20(21-3)23-16-6-7-17(11-16)26-4;/h9-10,13,16-17H,5-8,11-12H2,1-4H3,(H2,21,22,23);1H. The molecule has 1 heterocycles. The lowest BCUT2D eigenvalue weighted by atomic mass is 10.1. The zero-order valence-electron chi connectivity index (χ0n) is 16.7. The monoisotopic (exact) mass is 505 g/mol. The number of benzene rings is 1. The van der Waals surface area contributed by atoms with Crippen LogP contribution in [0.15, 0.2) is 17.1 Å². The predicted octanol–water partition coefficient (Wildman–Crippen LogP) is 3.98. The van der Waals surface area contributed by atoms with Crippen LogP contribution in [0.2, 0.25) is 0 Å². The Morgan fingerprint density at radius 1 is 1.37 bits per heavy atom. The first kappa shape index (κ1) is 22.5. The normalized spacial score (nSPS) is 24.0. The highest BCUT2D eigenvalue weighted by atomic mass is 127. The van der Waals surface area contributed by atoms with Gasteiger partial charge in [0.15, 0.2) is 5.96 Å². The molecular formula is C20H32IN3O2S. The van der Waals surface area contributed by atoms with Crippen molar-refractivity contribution in [2.24, 2.45) is 4.99 Å². The molecule has 1 aromatic rings. The van der Waals surface area contributed by atoms with E-state index < -0.39 is 0 Å². The molecule has 7 heteroatoms. The summed E-state index contributed by atoms with van der Waals surface area (Å²) in [6, 6.07) is 4.76. The number of halogens is 1. The average molecular weight is 505 g/mol. The number of hydrogen-bond donors (Lipinski definition) is 2. The van der Waals surface area contributed by atoms with Crippen molar-refractivity contribution in [3.8, 4) is 11.5 Å². The number of hydrogen-bond acceptors (Lipinski definition) is 4. The summed E-state index contributed by atoms with van der Waals surface area (Å²) in [7, 11) is 1.83. The number of thioether (sulfide) groups is 1. The lowest BCUT2D eigenvalue weighted by Gasteiger charge is -2.19. The molecule has 2 aliphatic rings. The highest BCUT2D eigenvalue weighted by Crippen LogP contribution is 2.35. The summed E-state index contributed by atoms with van der Waals surface area (Å²) in [5.74, 6) is 2.78. The first-order valence-corrected chi connectivity index (χ1v) is 10.9. The van der Waals surface area contributed by atoms with Gasteiger partial charge in [0.05, 0.1) is 6.61 Å². The van der Waals surface area contributed by atoms with Gasteiger partial charge in [-0.05, 0) is 51.5 Å². The fourth-order valence-corrected chi connectivity index (χ4v) is 4.56. The Labute approximate surface area is 184 Å². The summed E-state index contributed by atoms with van der Waals surface area (Å²) in [4.78, 5) is 4.39. The van der Waals surface area contributed by atoms with Crippen molar-refractivity contribution < 1.29 is 9.47 Å². The number of guanidine groups is 1. The third-order valence-electron chi connectivity index (χ3n) is 5.11. The summed E-state index contributed by atoms with van der Waals surface area (Å²) in [5, 5.41) is 7.78. The van der Waals surface area contributed by atoms with Crippen molar-refractivity contribution in [2.75, 3.05) is 19.9 Å². The van der Waals surface area contributed by atoms with E-state index in [1.165, 1.54) is 24.8 Å². The van der Waals surface area contributed by atoms with Crippen LogP contribution in [0, 0.1) is 0 Å². The molecule has 0 amide bonds. The molecule has 3 rings (SSSR count). The minimum atomic E-state index is 0. The number of aliphatic imine (C=N–C) groups is 1. The molecule has 2 N–H and O–H groups in total. The molecule has 3 atom stereocenters. The number of nitrogens with one attached hydrogen (secondary N) is 2. The zero-order chi connectivity index (χ0) is 18.5. The van der Waals surface area contributed by atoms with Gasteiger partial charge in [-0.1, -0.05) is 0 Å². The Bertz CT molecular complexity index is 656. The molecule has 152 valence electrons. The number of ether oxygens (including phenoxy) is 2. The van der Waals surface area contributed by atoms with Gasteiger partial charge in [-0.25, -0.2) is 0 Å². The van der Waals surface area contributed by atoms with Crippen LogP contribution in [-0.4, -0.2) is 43.3 Å². The molecule has 0 aromatic heterocycles. The number of fused-ring (bicyclic) bond motifs is 1. The van der Waals surface area contributed by atoms with E-state index in [2.05, 4.69) is 40.9 Å². The molecule has 3 unspecified atom stereocenters. The SMILES string of the molecule is CCOc1cc2c(cc1CNC(=NC)NC1CCC(SC)C1)OC(C)C2.I. The van der Waals surface area contributed by atoms with Crippen molar-refractivity contribution >= 4 is 41.7 Å². The number of nitrogens with zero attached hydrogens (tertiary/aromatic N) is 1. The van der Waals surface area contributed by atoms with Crippen LogP contribution >= 0.6 is 35.7 Å². The molecule has 0 bridgehead atoms. The Morgan fingerprint density at radius 2 is 2.19 bits per heavy atom. The number of rotatable bonds is 6. The van der Waals surface area contributed by atoms with E-state index in [0.717, 1.165) is 34.7 Å². The summed E-state index contributed by atoms with van der Waals surface area (Å²) >= 11 is 1.97. The molecule has 1 aliphatic heterocycles. The van der Waals surface area contributed by atoms with Crippen LogP contribution in [0.25, 0.3) is 0 Å². The van der Waals surface area contributed by atoms with Gasteiger partial charge >= 0.3 is 0 Å². The molecule has 5 nitrogen and oxygen atoms in total. The Hall–Kier alpha value is -0.830. The van der Waals surface area contributed by atoms with Gasteiger partial charge in [0.1, 0.15) is 17.6 Å². The predicted molar refractivity (Wildman–Crippen MR) is 125 cm³/mol. The zero-order valence-corrected chi connectivity index (χ0v) is 19.9. The van der Waals surface area contributed by atoms with Crippen LogP contribution in [0.4, 0.5) is 0 Å². The molecular weight excluding hydrogens is 473 g/mol. The van der Waals surface area contributed by atoms with Gasteiger partial charge in [0.2, 0.25) is 0 Å². The minimum absolute atomic E-state index is 0. The minimum Gasteiger partial charge on any atom is -0.494 e. The fraction of sp³-hybridized carbons (Fsp3) is 0.650. The van der Waals surface area contributed by atoms with Crippen LogP contribution in [-0.2, 0) is 13.0 Å². The van der Waals surface area contributed by atoms with Crippen molar-refractivity contribution in [3.05, 3.63) is 23.3 Å². The summed E-state index contributed by atoms with van der Waals surface area (Å²) in [6.45, 7) is 5.45. The van der Waals surface area contributed by atoms with E-state index in [1.807, 2.05) is 25.7 Å². The van der Waals surface area contributed by atoms with Gasteiger partial charge in [-0.3, -0.25) is 4.99 Å². The molecule has 27 heavy (non-hydrogen) atoms. The lowest BCUT2D eigenvalue weighted by molar-refractivity contribution is 0.254. The summed E-state index contributed by atoms with van der Waals surface area (Å²) in [6.07, 6.45) is 7.09. The molecule has 1 aromatic carbocycles. The van der Waals surface area contributed by atoms with Crippen molar-refractivity contribution in [2.45, 2.75) is 63.5 Å². The second-order valence-corrected chi connectivity index (χ2v) is 8.21. The quantitative estimate of drug-likeness (QED) is 0.348. The van der Waals surface area contributed by atoms with Gasteiger partial charge in [-0.2, -0.15) is 11.8 Å². The Morgan fingerprint density at radius 3 is 2.85 bits per heavy atom. The summed E-state index contributed by atoms with van der Waals surface area (Å²) < 4.78 is 11.8. The molecule has 1 fully saturated rings. The highest BCUT2D eigenvalue weighted by molar-refractivity contribution is 14.0. The summed E-state index contributed by atoms with van der Waals surface area (Å²) in [5.41, 5.74) is 2.34. The molecule has 0 saturated heterocycles. The second kappa shape index (κ2) is 10.6. The van der Waals surface area contributed by atoms with E-state index >= 15 is 0 Å². The van der Waals surface area contributed by atoms with Gasteiger partial charge in [0.25, 0.3) is 0 Å². The highest BCUT2D eigenvalue weighted by Gasteiger charge is 2.25. The Balaban J connectivity index is 0.00000261. The van der Waals surface area contributed by atoms with E-state index in [-0.39, 0.29) is 30.1 Å². The first-order chi connectivity index (χ1) is 12.6. The smallest absolute Gasteiger partial charge is 0.191 e. The van der Waals surface area contributed by atoms with E-state index in [0.29, 0.717) is 19.2 Å². The first-order valence-electron chi connectivity index (χ1n) is 9.58. The molecule has 0 spiro atoms.